The molecule has 176 valence electrons. The van der Waals surface area contributed by atoms with Gasteiger partial charge in [-0.1, -0.05) is 0 Å². The van der Waals surface area contributed by atoms with Crippen LogP contribution in [0.2, 0.25) is 0 Å². The molecule has 0 aliphatic carbocycles. The lowest BCUT2D eigenvalue weighted by Gasteiger charge is -2.16. The number of rotatable bonds is 8. The molecular weight excluding hydrogens is 439 g/mol. The summed E-state index contributed by atoms with van der Waals surface area (Å²) >= 11 is 0. The third-order valence-corrected chi connectivity index (χ3v) is 4.96. The number of aromatic amines is 1. The van der Waals surface area contributed by atoms with Gasteiger partial charge in [0.2, 0.25) is 0 Å². The van der Waals surface area contributed by atoms with Gasteiger partial charge in [-0.25, -0.2) is 14.4 Å². The number of aromatic nitrogens is 3. The molecule has 1 N–H and O–H groups in total. The van der Waals surface area contributed by atoms with Crippen LogP contribution in [0.4, 0.5) is 4.39 Å². The number of methoxy groups -OCH3 is 1. The number of benzene rings is 2. The third kappa shape index (κ3) is 5.15. The predicted octanol–water partition coefficient (Wildman–Crippen LogP) is 4.67. The average Bonchev–Trinajstić information content (AvgIpc) is 3.24. The Morgan fingerprint density at radius 2 is 1.94 bits per heavy atom. The minimum Gasteiger partial charge on any atom is -0.488 e. The molecular formula is C25H25FN4O4. The fourth-order valence-corrected chi connectivity index (χ4v) is 3.42. The van der Waals surface area contributed by atoms with E-state index in [4.69, 9.17) is 14.2 Å². The van der Waals surface area contributed by atoms with Crippen LogP contribution in [0.15, 0.2) is 54.7 Å². The van der Waals surface area contributed by atoms with Gasteiger partial charge in [0, 0.05) is 44.6 Å². The zero-order valence-corrected chi connectivity index (χ0v) is 19.3. The van der Waals surface area contributed by atoms with Crippen molar-refractivity contribution in [1.29, 1.82) is 0 Å². The lowest BCUT2D eigenvalue weighted by molar-refractivity contribution is 0.0827. The van der Waals surface area contributed by atoms with Gasteiger partial charge in [-0.3, -0.25) is 4.79 Å². The second kappa shape index (κ2) is 9.88. The molecule has 0 saturated carbocycles. The Morgan fingerprint density at radius 1 is 1.15 bits per heavy atom. The second-order valence-corrected chi connectivity index (χ2v) is 7.98. The largest absolute Gasteiger partial charge is 0.488 e. The van der Waals surface area contributed by atoms with Crippen LogP contribution in [0.3, 0.4) is 0 Å². The Labute approximate surface area is 196 Å². The van der Waals surface area contributed by atoms with Crippen LogP contribution in [-0.4, -0.2) is 59.7 Å². The quantitative estimate of drug-likeness (QED) is 0.408. The van der Waals surface area contributed by atoms with Gasteiger partial charge in [-0.2, -0.15) is 0 Å². The fourth-order valence-electron chi connectivity index (χ4n) is 3.42. The number of carbonyl (C=O) groups excluding carboxylic acids is 1. The molecule has 0 fully saturated rings. The van der Waals surface area contributed by atoms with Crippen LogP contribution >= 0.6 is 0 Å². The van der Waals surface area contributed by atoms with Crippen LogP contribution in [0, 0.1) is 5.82 Å². The molecule has 34 heavy (non-hydrogen) atoms. The summed E-state index contributed by atoms with van der Waals surface area (Å²) in [5.41, 5.74) is 2.27. The number of pyridine rings is 1. The van der Waals surface area contributed by atoms with Gasteiger partial charge in [-0.15, -0.1) is 0 Å². The topological polar surface area (TPSA) is 89.6 Å². The number of fused-ring (bicyclic) bond motifs is 1. The molecule has 0 radical (unpaired) electrons. The zero-order chi connectivity index (χ0) is 24.2. The van der Waals surface area contributed by atoms with Crippen LogP contribution in [0.5, 0.6) is 17.2 Å². The van der Waals surface area contributed by atoms with Crippen molar-refractivity contribution in [2.75, 3.05) is 27.8 Å². The minimum absolute atomic E-state index is 0.0189. The van der Waals surface area contributed by atoms with Crippen LogP contribution < -0.4 is 9.47 Å². The number of hydrogen-bond acceptors (Lipinski definition) is 6. The lowest BCUT2D eigenvalue weighted by Crippen LogP contribution is -2.21. The lowest BCUT2D eigenvalue weighted by atomic mass is 10.1. The van der Waals surface area contributed by atoms with Gasteiger partial charge in [-0.05, 0) is 49.4 Å². The molecule has 0 aliphatic rings. The normalized spacial score (nSPS) is 11.9. The number of carbonyl (C=O) groups is 1. The number of halogens is 1. The Morgan fingerprint density at radius 3 is 2.65 bits per heavy atom. The van der Waals surface area contributed by atoms with E-state index in [0.717, 1.165) is 11.6 Å². The molecule has 0 unspecified atom stereocenters. The number of nitrogens with zero attached hydrogens (tertiary/aromatic N) is 3. The molecule has 2 aromatic carbocycles. The maximum absolute atomic E-state index is 14.8. The molecule has 4 aromatic rings. The summed E-state index contributed by atoms with van der Waals surface area (Å²) < 4.78 is 31.7. The zero-order valence-electron chi connectivity index (χ0n) is 19.3. The number of amides is 1. The van der Waals surface area contributed by atoms with Crippen molar-refractivity contribution in [1.82, 2.24) is 19.9 Å². The van der Waals surface area contributed by atoms with Crippen molar-refractivity contribution in [2.45, 2.75) is 13.0 Å². The molecule has 0 saturated heterocycles. The van der Waals surface area contributed by atoms with E-state index in [2.05, 4.69) is 15.0 Å². The number of H-pyrrole nitrogens is 1. The summed E-state index contributed by atoms with van der Waals surface area (Å²) in [6.07, 6.45) is 1.44. The molecule has 8 nitrogen and oxygen atoms in total. The standard InChI is InChI=1S/C25H25FN4O4/c1-15(14-32-4)33-18-10-17(23-28-21-6-5-9-27-24(21)29-23)11-19(13-18)34-22-8-7-16(12-20(22)26)25(31)30(2)3/h5-13,15H,14H2,1-4H3,(H,27,28,29)/t15-/m0/s1. The van der Waals surface area contributed by atoms with Crippen molar-refractivity contribution in [3.05, 3.63) is 66.1 Å². The van der Waals surface area contributed by atoms with Gasteiger partial charge < -0.3 is 24.1 Å². The first-order valence-corrected chi connectivity index (χ1v) is 10.6. The van der Waals surface area contributed by atoms with E-state index >= 15 is 0 Å². The Balaban J connectivity index is 1.69. The van der Waals surface area contributed by atoms with E-state index in [1.807, 2.05) is 25.1 Å². The molecule has 0 aliphatic heterocycles. The van der Waals surface area contributed by atoms with E-state index in [1.165, 1.54) is 17.0 Å². The summed E-state index contributed by atoms with van der Waals surface area (Å²) in [6.45, 7) is 2.27. The first-order valence-electron chi connectivity index (χ1n) is 10.6. The van der Waals surface area contributed by atoms with Gasteiger partial charge >= 0.3 is 0 Å². The summed E-state index contributed by atoms with van der Waals surface area (Å²) in [5.74, 6) is 0.446. The summed E-state index contributed by atoms with van der Waals surface area (Å²) in [7, 11) is 4.81. The average molecular weight is 464 g/mol. The molecule has 2 aromatic heterocycles. The maximum Gasteiger partial charge on any atom is 0.253 e. The van der Waals surface area contributed by atoms with E-state index < -0.39 is 5.82 Å². The van der Waals surface area contributed by atoms with Crippen LogP contribution in [0.25, 0.3) is 22.6 Å². The number of hydrogen-bond donors (Lipinski definition) is 1. The van der Waals surface area contributed by atoms with Gasteiger partial charge in [0.1, 0.15) is 23.4 Å². The summed E-state index contributed by atoms with van der Waals surface area (Å²) in [4.78, 5) is 25.5. The van der Waals surface area contributed by atoms with Crippen LogP contribution in [0.1, 0.15) is 17.3 Å². The third-order valence-electron chi connectivity index (χ3n) is 4.96. The monoisotopic (exact) mass is 464 g/mol. The molecule has 1 amide bonds. The van der Waals surface area contributed by atoms with E-state index in [1.54, 1.807) is 39.5 Å². The second-order valence-electron chi connectivity index (χ2n) is 7.98. The van der Waals surface area contributed by atoms with Gasteiger partial charge in [0.05, 0.1) is 12.1 Å². The molecule has 0 bridgehead atoms. The highest BCUT2D eigenvalue weighted by molar-refractivity contribution is 5.94. The van der Waals surface area contributed by atoms with Crippen molar-refractivity contribution >= 4 is 17.1 Å². The summed E-state index contributed by atoms with van der Waals surface area (Å²) in [5, 5.41) is 0. The number of imidazole rings is 1. The number of ether oxygens (including phenoxy) is 3. The molecule has 9 heteroatoms. The first-order chi connectivity index (χ1) is 16.3. The molecule has 0 spiro atoms. The van der Waals surface area contributed by atoms with Crippen molar-refractivity contribution in [2.24, 2.45) is 0 Å². The van der Waals surface area contributed by atoms with E-state index in [9.17, 15) is 9.18 Å². The van der Waals surface area contributed by atoms with Crippen molar-refractivity contribution in [3.63, 3.8) is 0 Å². The van der Waals surface area contributed by atoms with Crippen molar-refractivity contribution < 1.29 is 23.4 Å². The highest BCUT2D eigenvalue weighted by Crippen LogP contribution is 2.33. The Bertz CT molecular complexity index is 1290. The fraction of sp³-hybridized carbons (Fsp3) is 0.240. The van der Waals surface area contributed by atoms with Gasteiger partial charge in [0.25, 0.3) is 5.91 Å². The molecule has 2 heterocycles. The highest BCUT2D eigenvalue weighted by Gasteiger charge is 2.16. The Kier molecular flexibility index (Phi) is 6.74. The van der Waals surface area contributed by atoms with Crippen molar-refractivity contribution in [3.8, 4) is 28.6 Å². The first kappa shape index (κ1) is 23.2. The summed E-state index contributed by atoms with van der Waals surface area (Å²) in [6, 6.07) is 13.0. The minimum atomic E-state index is -0.652. The SMILES string of the molecule is COC[C@H](C)Oc1cc(Oc2ccc(C(=O)N(C)C)cc2F)cc(-c2nc3ncccc3[nH]2)c1. The van der Waals surface area contributed by atoms with E-state index in [0.29, 0.717) is 35.1 Å². The van der Waals surface area contributed by atoms with E-state index in [-0.39, 0.29) is 23.3 Å². The Hall–Kier alpha value is -3.98. The molecule has 1 atom stereocenters. The number of nitrogens with one attached hydrogen (secondary N) is 1. The highest BCUT2D eigenvalue weighted by atomic mass is 19.1. The maximum atomic E-state index is 14.8. The molecule has 4 rings (SSSR count). The predicted molar refractivity (Wildman–Crippen MR) is 126 cm³/mol. The van der Waals surface area contributed by atoms with Crippen LogP contribution in [-0.2, 0) is 4.74 Å². The van der Waals surface area contributed by atoms with Gasteiger partial charge in [0.15, 0.2) is 17.2 Å². The smallest absolute Gasteiger partial charge is 0.253 e.